The Kier molecular flexibility index (Phi) is 5.36. The van der Waals surface area contributed by atoms with Gasteiger partial charge in [-0.15, -0.1) is 0 Å². The molecule has 2 rings (SSSR count). The lowest BCUT2D eigenvalue weighted by atomic mass is 10.1. The maximum Gasteiger partial charge on any atom is 0.220 e. The summed E-state index contributed by atoms with van der Waals surface area (Å²) in [5.41, 5.74) is 2.57. The molecule has 4 heteroatoms. The molecular formula is C17H15ClN2O. The smallest absolute Gasteiger partial charge is 0.220 e. The number of carbonyl (C=O) groups is 1. The summed E-state index contributed by atoms with van der Waals surface area (Å²) in [6.07, 6.45) is 1.03. The zero-order valence-corrected chi connectivity index (χ0v) is 12.2. The first-order valence-electron chi connectivity index (χ1n) is 6.68. The summed E-state index contributed by atoms with van der Waals surface area (Å²) in [7, 11) is 0. The Morgan fingerprint density at radius 3 is 2.52 bits per heavy atom. The van der Waals surface area contributed by atoms with Crippen molar-refractivity contribution < 1.29 is 4.79 Å². The molecule has 2 aromatic rings. The van der Waals surface area contributed by atoms with Gasteiger partial charge in [0, 0.05) is 18.0 Å². The highest BCUT2D eigenvalue weighted by Crippen LogP contribution is 2.16. The number of hydrogen-bond acceptors (Lipinski definition) is 2. The fourth-order valence-electron chi connectivity index (χ4n) is 1.94. The molecule has 106 valence electrons. The van der Waals surface area contributed by atoms with Crippen molar-refractivity contribution in [3.63, 3.8) is 0 Å². The quantitative estimate of drug-likeness (QED) is 0.919. The van der Waals surface area contributed by atoms with Crippen LogP contribution in [-0.4, -0.2) is 5.91 Å². The Morgan fingerprint density at radius 1 is 1.14 bits per heavy atom. The highest BCUT2D eigenvalue weighted by molar-refractivity contribution is 6.31. The second-order valence-corrected chi connectivity index (χ2v) is 5.08. The minimum atomic E-state index is -0.0146. The molecule has 0 aromatic heterocycles. The zero-order valence-electron chi connectivity index (χ0n) is 11.5. The number of nitriles is 1. The number of nitrogens with zero attached hydrogens (tertiary/aromatic N) is 1. The second kappa shape index (κ2) is 7.47. The lowest BCUT2D eigenvalue weighted by Gasteiger charge is -2.06. The van der Waals surface area contributed by atoms with Crippen LogP contribution in [0.5, 0.6) is 0 Å². The molecule has 0 saturated carbocycles. The van der Waals surface area contributed by atoms with Crippen LogP contribution < -0.4 is 5.32 Å². The highest BCUT2D eigenvalue weighted by Gasteiger charge is 2.04. The molecule has 0 heterocycles. The first-order chi connectivity index (χ1) is 10.2. The molecule has 2 aromatic carbocycles. The van der Waals surface area contributed by atoms with Crippen LogP contribution in [0.3, 0.4) is 0 Å². The van der Waals surface area contributed by atoms with Gasteiger partial charge < -0.3 is 5.32 Å². The Bertz CT molecular complexity index is 659. The maximum absolute atomic E-state index is 11.8. The molecule has 0 aliphatic rings. The van der Waals surface area contributed by atoms with Crippen molar-refractivity contribution in [1.82, 2.24) is 5.32 Å². The topological polar surface area (TPSA) is 52.9 Å². The van der Waals surface area contributed by atoms with Crippen LogP contribution in [-0.2, 0) is 17.8 Å². The van der Waals surface area contributed by atoms with Crippen molar-refractivity contribution >= 4 is 17.5 Å². The molecule has 0 saturated heterocycles. The number of carbonyl (C=O) groups excluding carboxylic acids is 1. The van der Waals surface area contributed by atoms with Crippen molar-refractivity contribution in [2.24, 2.45) is 0 Å². The predicted octanol–water partition coefficient (Wildman–Crippen LogP) is 3.46. The molecule has 0 spiro atoms. The van der Waals surface area contributed by atoms with E-state index in [1.165, 1.54) is 0 Å². The van der Waals surface area contributed by atoms with E-state index in [1.807, 2.05) is 36.4 Å². The summed E-state index contributed by atoms with van der Waals surface area (Å²) in [6.45, 7) is 0.465. The fourth-order valence-corrected chi connectivity index (χ4v) is 2.17. The third-order valence-electron chi connectivity index (χ3n) is 3.15. The third-order valence-corrected chi connectivity index (χ3v) is 3.52. The summed E-state index contributed by atoms with van der Waals surface area (Å²) in [6, 6.07) is 16.8. The number of amides is 1. The van der Waals surface area contributed by atoms with Crippen molar-refractivity contribution in [2.75, 3.05) is 0 Å². The lowest BCUT2D eigenvalue weighted by molar-refractivity contribution is -0.121. The van der Waals surface area contributed by atoms with E-state index < -0.39 is 0 Å². The number of rotatable bonds is 5. The van der Waals surface area contributed by atoms with Crippen LogP contribution in [0.1, 0.15) is 23.1 Å². The molecule has 0 fully saturated rings. The molecule has 1 N–H and O–H groups in total. The molecule has 3 nitrogen and oxygen atoms in total. The van der Waals surface area contributed by atoms with Crippen LogP contribution in [0.4, 0.5) is 0 Å². The van der Waals surface area contributed by atoms with E-state index in [2.05, 4.69) is 11.4 Å². The van der Waals surface area contributed by atoms with Crippen LogP contribution in [0.25, 0.3) is 0 Å². The molecule has 0 radical (unpaired) electrons. The van der Waals surface area contributed by atoms with Crippen LogP contribution in [0.15, 0.2) is 48.5 Å². The largest absolute Gasteiger partial charge is 0.352 e. The van der Waals surface area contributed by atoms with Gasteiger partial charge in [0.1, 0.15) is 0 Å². The van der Waals surface area contributed by atoms with Gasteiger partial charge in [0.2, 0.25) is 5.91 Å². The van der Waals surface area contributed by atoms with E-state index in [1.54, 1.807) is 12.1 Å². The molecule has 0 unspecified atom stereocenters. The minimum absolute atomic E-state index is 0.0146. The van der Waals surface area contributed by atoms with E-state index in [0.29, 0.717) is 30.0 Å². The maximum atomic E-state index is 11.8. The number of benzene rings is 2. The number of hydrogen-bond donors (Lipinski definition) is 1. The van der Waals surface area contributed by atoms with Gasteiger partial charge in [0.15, 0.2) is 0 Å². The monoisotopic (exact) mass is 298 g/mol. The summed E-state index contributed by atoms with van der Waals surface area (Å²) < 4.78 is 0. The van der Waals surface area contributed by atoms with E-state index in [9.17, 15) is 4.79 Å². The number of nitrogens with one attached hydrogen (secondary N) is 1. The zero-order chi connectivity index (χ0) is 15.1. The van der Waals surface area contributed by atoms with Crippen molar-refractivity contribution in [3.8, 4) is 6.07 Å². The van der Waals surface area contributed by atoms with Gasteiger partial charge in [0.05, 0.1) is 11.6 Å². The summed E-state index contributed by atoms with van der Waals surface area (Å²) >= 11 is 6.05. The van der Waals surface area contributed by atoms with Gasteiger partial charge in [-0.3, -0.25) is 4.79 Å². The normalized spacial score (nSPS) is 9.90. The third kappa shape index (κ3) is 4.62. The van der Waals surface area contributed by atoms with Gasteiger partial charge in [0.25, 0.3) is 0 Å². The van der Waals surface area contributed by atoms with Crippen molar-refractivity contribution in [1.29, 1.82) is 5.26 Å². The Morgan fingerprint density at radius 2 is 1.86 bits per heavy atom. The lowest BCUT2D eigenvalue weighted by Crippen LogP contribution is -2.23. The van der Waals surface area contributed by atoms with Gasteiger partial charge in [-0.25, -0.2) is 0 Å². The molecular weight excluding hydrogens is 284 g/mol. The minimum Gasteiger partial charge on any atom is -0.352 e. The Labute approximate surface area is 129 Å². The molecule has 1 amide bonds. The van der Waals surface area contributed by atoms with E-state index in [-0.39, 0.29) is 5.91 Å². The van der Waals surface area contributed by atoms with Gasteiger partial charge in [-0.05, 0) is 35.7 Å². The number of aryl methyl sites for hydroxylation is 1. The first kappa shape index (κ1) is 15.1. The van der Waals surface area contributed by atoms with E-state index in [4.69, 9.17) is 16.9 Å². The number of halogens is 1. The molecule has 0 bridgehead atoms. The van der Waals surface area contributed by atoms with Crippen molar-refractivity contribution in [2.45, 2.75) is 19.4 Å². The average Bonchev–Trinajstić information content (AvgIpc) is 2.52. The highest BCUT2D eigenvalue weighted by atomic mass is 35.5. The second-order valence-electron chi connectivity index (χ2n) is 4.68. The van der Waals surface area contributed by atoms with Crippen LogP contribution >= 0.6 is 11.6 Å². The van der Waals surface area contributed by atoms with E-state index >= 15 is 0 Å². The molecule has 0 atom stereocenters. The molecule has 0 aliphatic heterocycles. The van der Waals surface area contributed by atoms with Gasteiger partial charge in [-0.2, -0.15) is 5.26 Å². The van der Waals surface area contributed by atoms with Crippen molar-refractivity contribution in [3.05, 3.63) is 70.2 Å². The fraction of sp³-hybridized carbons (Fsp3) is 0.176. The summed E-state index contributed by atoms with van der Waals surface area (Å²) in [5.74, 6) is -0.0146. The first-order valence-corrected chi connectivity index (χ1v) is 7.06. The van der Waals surface area contributed by atoms with Gasteiger partial charge >= 0.3 is 0 Å². The van der Waals surface area contributed by atoms with Gasteiger partial charge in [-0.1, -0.05) is 41.9 Å². The Hall–Kier alpha value is -2.31. The predicted molar refractivity (Wildman–Crippen MR) is 82.8 cm³/mol. The van der Waals surface area contributed by atoms with Crippen LogP contribution in [0.2, 0.25) is 5.02 Å². The molecule has 0 aliphatic carbocycles. The summed E-state index contributed by atoms with van der Waals surface area (Å²) in [5, 5.41) is 12.3. The SMILES string of the molecule is N#Cc1ccc(CNC(=O)CCc2ccccc2Cl)cc1. The van der Waals surface area contributed by atoms with E-state index in [0.717, 1.165) is 11.1 Å². The standard InChI is InChI=1S/C17H15ClN2O/c18-16-4-2-1-3-15(16)9-10-17(21)20-12-14-7-5-13(11-19)6-8-14/h1-8H,9-10,12H2,(H,20,21). The average molecular weight is 299 g/mol. The van der Waals surface area contributed by atoms with Crippen LogP contribution in [0, 0.1) is 11.3 Å². The Balaban J connectivity index is 1.79. The molecule has 21 heavy (non-hydrogen) atoms. The summed E-state index contributed by atoms with van der Waals surface area (Å²) in [4.78, 5) is 11.8.